The molecule has 1 fully saturated rings. The Morgan fingerprint density at radius 3 is 1.79 bits per heavy atom. The molecule has 9 atom stereocenters. The van der Waals surface area contributed by atoms with Gasteiger partial charge in [-0.15, -0.1) is 0 Å². The van der Waals surface area contributed by atoms with Gasteiger partial charge in [-0.2, -0.15) is 0 Å². The Kier molecular flexibility index (Phi) is 19.8. The number of rotatable bonds is 23. The standard InChI is InChI=1S/C30H45N9O17/c1-11(2)21(29(54)36-14(6-19(44)45)26(51)33-8-12(3)40)38-27(52)13(4-5-18(42)43)35-28(53)15(7-20(46)47)37-30(55)25-24(50)23(49)22(48)16(56-25)9-32-17(41)10-34-39-31/h11,13-16,21-25,48-50H,4-10H2,1-3H3,(H,32,41)(H,33,51)(H,35,53)(H,36,54)(H,37,55)(H,38,52)(H,42,43)(H,44,45)(H,46,47)/t13-,14-,15-,16?,21-,22?,23?,24?,25?/m0/s1. The van der Waals surface area contributed by atoms with E-state index in [0.717, 1.165) is 6.92 Å². The first-order chi connectivity index (χ1) is 26.1. The van der Waals surface area contributed by atoms with Crippen molar-refractivity contribution in [2.75, 3.05) is 19.6 Å². The van der Waals surface area contributed by atoms with Gasteiger partial charge in [0.05, 0.1) is 19.4 Å². The van der Waals surface area contributed by atoms with Crippen molar-refractivity contribution < 1.29 is 83.3 Å². The van der Waals surface area contributed by atoms with Gasteiger partial charge in [0.15, 0.2) is 6.10 Å². The minimum absolute atomic E-state index is 0.482. The van der Waals surface area contributed by atoms with E-state index in [2.05, 4.69) is 36.6 Å². The zero-order valence-electron chi connectivity index (χ0n) is 30.2. The normalized spacial score (nSPS) is 21.0. The summed E-state index contributed by atoms with van der Waals surface area (Å²) in [5.74, 6) is -12.9. The fourth-order valence-corrected chi connectivity index (χ4v) is 4.92. The number of aliphatic carboxylic acids is 3. The third kappa shape index (κ3) is 16.2. The Morgan fingerprint density at radius 1 is 0.714 bits per heavy atom. The van der Waals surface area contributed by atoms with Gasteiger partial charge in [-0.25, -0.2) is 0 Å². The molecule has 0 aromatic heterocycles. The van der Waals surface area contributed by atoms with Gasteiger partial charge in [-0.05, 0) is 24.8 Å². The number of amides is 6. The maximum absolute atomic E-state index is 13.4. The average molecular weight is 804 g/mol. The number of hydrogen-bond acceptors (Lipinski definition) is 15. The van der Waals surface area contributed by atoms with Gasteiger partial charge >= 0.3 is 17.9 Å². The molecule has 56 heavy (non-hydrogen) atoms. The monoisotopic (exact) mass is 803 g/mol. The van der Waals surface area contributed by atoms with E-state index in [1.165, 1.54) is 13.8 Å². The van der Waals surface area contributed by atoms with E-state index in [9.17, 15) is 78.6 Å². The van der Waals surface area contributed by atoms with Crippen LogP contribution in [-0.2, 0) is 52.7 Å². The molecule has 0 aromatic rings. The van der Waals surface area contributed by atoms with E-state index in [0.29, 0.717) is 0 Å². The minimum atomic E-state index is -2.17. The number of carboxylic acids is 3. The lowest BCUT2D eigenvalue weighted by Crippen LogP contribution is -2.65. The van der Waals surface area contributed by atoms with Crippen LogP contribution in [0.25, 0.3) is 10.4 Å². The number of carbonyl (C=O) groups is 10. The molecule has 1 saturated heterocycles. The largest absolute Gasteiger partial charge is 0.481 e. The van der Waals surface area contributed by atoms with Gasteiger partial charge < -0.3 is 67.3 Å². The molecular formula is C30H45N9O17. The second-order valence-corrected chi connectivity index (χ2v) is 12.7. The zero-order chi connectivity index (χ0) is 42.9. The molecule has 5 unspecified atom stereocenters. The van der Waals surface area contributed by atoms with Crippen LogP contribution < -0.4 is 31.9 Å². The summed E-state index contributed by atoms with van der Waals surface area (Å²) in [6, 6.07) is -7.17. The number of ketones is 1. The molecule has 0 bridgehead atoms. The van der Waals surface area contributed by atoms with E-state index in [-0.39, 0.29) is 0 Å². The van der Waals surface area contributed by atoms with E-state index in [1.807, 2.05) is 5.32 Å². The van der Waals surface area contributed by atoms with Gasteiger partial charge in [0, 0.05) is 17.9 Å². The number of ether oxygens (including phenoxy) is 1. The summed E-state index contributed by atoms with van der Waals surface area (Å²) in [6.45, 7) is 2.26. The average Bonchev–Trinajstić information content (AvgIpc) is 3.10. The smallest absolute Gasteiger partial charge is 0.305 e. The number of carbonyl (C=O) groups excluding carboxylic acids is 7. The summed E-state index contributed by atoms with van der Waals surface area (Å²) >= 11 is 0. The van der Waals surface area contributed by atoms with Gasteiger partial charge in [0.2, 0.25) is 29.5 Å². The molecular weight excluding hydrogens is 758 g/mol. The summed E-state index contributed by atoms with van der Waals surface area (Å²) < 4.78 is 5.33. The second-order valence-electron chi connectivity index (χ2n) is 12.7. The molecule has 1 rings (SSSR count). The van der Waals surface area contributed by atoms with Crippen molar-refractivity contribution in [2.24, 2.45) is 11.0 Å². The lowest BCUT2D eigenvalue weighted by atomic mass is 9.94. The van der Waals surface area contributed by atoms with Crippen LogP contribution in [0.5, 0.6) is 0 Å². The molecule has 0 spiro atoms. The molecule has 26 heteroatoms. The topological polar surface area (TPSA) is 422 Å². The molecule has 12 N–H and O–H groups in total. The molecule has 6 amide bonds. The Morgan fingerprint density at radius 2 is 1.27 bits per heavy atom. The lowest BCUT2D eigenvalue weighted by molar-refractivity contribution is -0.219. The number of Topliss-reactive ketones (excluding diaryl/α,β-unsaturated/α-hetero) is 1. The summed E-state index contributed by atoms with van der Waals surface area (Å²) in [5.41, 5.74) is 8.34. The fraction of sp³-hybridized carbons (Fsp3) is 0.667. The molecule has 1 heterocycles. The Labute approximate surface area is 316 Å². The van der Waals surface area contributed by atoms with Crippen molar-refractivity contribution >= 4 is 59.1 Å². The summed E-state index contributed by atoms with van der Waals surface area (Å²) in [5, 5.41) is 74.9. The zero-order valence-corrected chi connectivity index (χ0v) is 30.2. The van der Waals surface area contributed by atoms with Crippen molar-refractivity contribution in [3.8, 4) is 0 Å². The Bertz CT molecular complexity index is 1550. The first kappa shape index (κ1) is 48.1. The fourth-order valence-electron chi connectivity index (χ4n) is 4.92. The van der Waals surface area contributed by atoms with Crippen molar-refractivity contribution in [2.45, 2.75) is 101 Å². The molecule has 1 aliphatic rings. The number of hydrogen-bond donors (Lipinski definition) is 12. The highest BCUT2D eigenvalue weighted by atomic mass is 16.5. The highest BCUT2D eigenvalue weighted by molar-refractivity contribution is 5.98. The third-order valence-electron chi connectivity index (χ3n) is 7.81. The maximum Gasteiger partial charge on any atom is 0.305 e. The molecule has 0 radical (unpaired) electrons. The number of nitrogens with zero attached hydrogens (tertiary/aromatic N) is 3. The number of nitrogens with one attached hydrogen (secondary N) is 6. The first-order valence-corrected chi connectivity index (χ1v) is 16.7. The van der Waals surface area contributed by atoms with Crippen LogP contribution in [0, 0.1) is 5.92 Å². The van der Waals surface area contributed by atoms with Gasteiger partial charge in [-0.3, -0.25) is 47.9 Å². The van der Waals surface area contributed by atoms with Crippen LogP contribution in [0.3, 0.4) is 0 Å². The maximum atomic E-state index is 13.4. The number of aliphatic hydroxyl groups excluding tert-OH is 3. The minimum Gasteiger partial charge on any atom is -0.481 e. The highest BCUT2D eigenvalue weighted by Crippen LogP contribution is 2.22. The van der Waals surface area contributed by atoms with Crippen molar-refractivity contribution in [1.82, 2.24) is 31.9 Å². The van der Waals surface area contributed by atoms with E-state index in [1.54, 1.807) is 0 Å². The van der Waals surface area contributed by atoms with Crippen LogP contribution in [0.1, 0.15) is 46.5 Å². The molecule has 0 aromatic carbocycles. The van der Waals surface area contributed by atoms with Crippen molar-refractivity contribution in [3.63, 3.8) is 0 Å². The van der Waals surface area contributed by atoms with Gasteiger partial charge in [0.1, 0.15) is 60.9 Å². The van der Waals surface area contributed by atoms with Crippen molar-refractivity contribution in [1.29, 1.82) is 0 Å². The summed E-state index contributed by atoms with van der Waals surface area (Å²) in [6.07, 6.45) is -13.3. The number of azide groups is 1. The third-order valence-corrected chi connectivity index (χ3v) is 7.81. The van der Waals surface area contributed by atoms with E-state index >= 15 is 0 Å². The second kappa shape index (κ2) is 23.1. The van der Waals surface area contributed by atoms with Crippen LogP contribution >= 0.6 is 0 Å². The molecule has 0 aliphatic carbocycles. The highest BCUT2D eigenvalue weighted by Gasteiger charge is 2.47. The SMILES string of the molecule is CC(=O)CNC(=O)[C@H](CC(=O)O)NC(=O)[C@@H](NC(=O)[C@H](CCC(=O)O)NC(=O)[C@H](CC(=O)O)NC(=O)C1OC(CNC(=O)CN=[N+]=[N-])C(O)C(O)C1O)C(C)C. The first-order valence-electron chi connectivity index (χ1n) is 16.7. The van der Waals surface area contributed by atoms with Gasteiger partial charge in [-0.1, -0.05) is 19.0 Å². The summed E-state index contributed by atoms with van der Waals surface area (Å²) in [4.78, 5) is 126. The molecule has 0 saturated carbocycles. The molecule has 312 valence electrons. The molecule has 26 nitrogen and oxygen atoms in total. The van der Waals surface area contributed by atoms with Crippen LogP contribution in [0.2, 0.25) is 0 Å². The Hall–Kier alpha value is -5.95. The van der Waals surface area contributed by atoms with Gasteiger partial charge in [0.25, 0.3) is 5.91 Å². The van der Waals surface area contributed by atoms with Crippen molar-refractivity contribution in [3.05, 3.63) is 10.4 Å². The number of carboxylic acid groups (broad SMARTS) is 3. The van der Waals surface area contributed by atoms with E-state index in [4.69, 9.17) is 10.3 Å². The van der Waals surface area contributed by atoms with Crippen LogP contribution in [0.4, 0.5) is 0 Å². The number of aliphatic hydroxyl groups is 3. The summed E-state index contributed by atoms with van der Waals surface area (Å²) in [7, 11) is 0. The van der Waals surface area contributed by atoms with E-state index < -0.39 is 165 Å². The quantitative estimate of drug-likeness (QED) is 0.0260. The lowest BCUT2D eigenvalue weighted by Gasteiger charge is -2.40. The molecule has 1 aliphatic heterocycles. The van der Waals surface area contributed by atoms with Crippen LogP contribution in [-0.4, -0.2) is 164 Å². The predicted octanol–water partition coefficient (Wildman–Crippen LogP) is -5.62. The Balaban J connectivity index is 3.26. The predicted molar refractivity (Wildman–Crippen MR) is 181 cm³/mol. The van der Waals surface area contributed by atoms with Crippen LogP contribution in [0.15, 0.2) is 5.11 Å².